The second kappa shape index (κ2) is 9.27. The highest BCUT2D eigenvalue weighted by Gasteiger charge is 2.10. The SMILES string of the molecule is C/C=C(\CC)c1cc(C)c(C)c(C/C(C=O)=C(C)/C=C(/C)NC)c1. The molecule has 0 spiro atoms. The predicted octanol–water partition coefficient (Wildman–Crippen LogP) is 5.30. The van der Waals surface area contributed by atoms with Gasteiger partial charge >= 0.3 is 0 Å². The lowest BCUT2D eigenvalue weighted by Gasteiger charge is -2.15. The Morgan fingerprint density at radius 2 is 1.88 bits per heavy atom. The normalized spacial score (nSPS) is 13.6. The van der Waals surface area contributed by atoms with Gasteiger partial charge in [-0.05, 0) is 86.1 Å². The molecule has 0 aliphatic carbocycles. The molecule has 1 aromatic carbocycles. The van der Waals surface area contributed by atoms with Gasteiger partial charge < -0.3 is 5.32 Å². The maximum absolute atomic E-state index is 11.6. The van der Waals surface area contributed by atoms with Crippen LogP contribution < -0.4 is 5.32 Å². The minimum absolute atomic E-state index is 0.671. The van der Waals surface area contributed by atoms with E-state index in [4.69, 9.17) is 0 Å². The summed E-state index contributed by atoms with van der Waals surface area (Å²) in [6, 6.07) is 4.49. The van der Waals surface area contributed by atoms with E-state index in [1.165, 1.54) is 27.8 Å². The molecule has 0 heterocycles. The van der Waals surface area contributed by atoms with Gasteiger partial charge in [0.1, 0.15) is 6.29 Å². The van der Waals surface area contributed by atoms with Crippen LogP contribution in [0.3, 0.4) is 0 Å². The van der Waals surface area contributed by atoms with Crippen LogP contribution in [0, 0.1) is 13.8 Å². The molecule has 0 saturated heterocycles. The zero-order valence-electron chi connectivity index (χ0n) is 16.2. The van der Waals surface area contributed by atoms with Crippen molar-refractivity contribution in [3.63, 3.8) is 0 Å². The van der Waals surface area contributed by atoms with E-state index in [9.17, 15) is 4.79 Å². The van der Waals surface area contributed by atoms with Gasteiger partial charge in [0, 0.05) is 19.2 Å². The van der Waals surface area contributed by atoms with Crippen molar-refractivity contribution >= 4 is 11.9 Å². The third-order valence-electron chi connectivity index (χ3n) is 4.73. The Hall–Kier alpha value is -2.09. The molecule has 1 N–H and O–H groups in total. The molecule has 0 atom stereocenters. The standard InChI is InChI=1S/C22H31NO/c1-8-19(9-2)21-11-15(3)18(6)20(12-21)13-22(14-24)16(4)10-17(5)23-7/h8,10-12,14,23H,9,13H2,1-7H3/b17-10-,19-8+,22-16-. The van der Waals surface area contributed by atoms with E-state index in [1.54, 1.807) is 0 Å². The highest BCUT2D eigenvalue weighted by atomic mass is 16.1. The zero-order valence-corrected chi connectivity index (χ0v) is 16.2. The fourth-order valence-corrected chi connectivity index (χ4v) is 2.85. The Kier molecular flexibility index (Phi) is 7.70. The topological polar surface area (TPSA) is 29.1 Å². The highest BCUT2D eigenvalue weighted by Crippen LogP contribution is 2.26. The smallest absolute Gasteiger partial charge is 0.146 e. The molecule has 24 heavy (non-hydrogen) atoms. The molecule has 0 unspecified atom stereocenters. The van der Waals surface area contributed by atoms with Gasteiger partial charge in [-0.15, -0.1) is 0 Å². The summed E-state index contributed by atoms with van der Waals surface area (Å²) in [7, 11) is 1.89. The minimum atomic E-state index is 0.671. The van der Waals surface area contributed by atoms with E-state index >= 15 is 0 Å². The molecule has 130 valence electrons. The fourth-order valence-electron chi connectivity index (χ4n) is 2.85. The molecule has 0 saturated carbocycles. The maximum Gasteiger partial charge on any atom is 0.146 e. The first-order valence-corrected chi connectivity index (χ1v) is 8.64. The molecule has 0 fully saturated rings. The van der Waals surface area contributed by atoms with Gasteiger partial charge in [0.2, 0.25) is 0 Å². The molecule has 1 aromatic rings. The molecular formula is C22H31NO. The van der Waals surface area contributed by atoms with Crippen molar-refractivity contribution in [2.45, 2.75) is 54.4 Å². The summed E-state index contributed by atoms with van der Waals surface area (Å²) in [5.41, 5.74) is 9.29. The summed E-state index contributed by atoms with van der Waals surface area (Å²) in [6.45, 7) is 12.5. The van der Waals surface area contributed by atoms with E-state index in [0.717, 1.165) is 29.6 Å². The van der Waals surface area contributed by atoms with Crippen LogP contribution in [0.4, 0.5) is 0 Å². The van der Waals surface area contributed by atoms with Crippen LogP contribution >= 0.6 is 0 Å². The molecule has 2 heteroatoms. The maximum atomic E-state index is 11.6. The predicted molar refractivity (Wildman–Crippen MR) is 105 cm³/mol. The second-order valence-corrected chi connectivity index (χ2v) is 6.32. The first kappa shape index (κ1) is 20.0. The van der Waals surface area contributed by atoms with Crippen LogP contribution in [-0.4, -0.2) is 13.3 Å². The molecule has 2 nitrogen and oxygen atoms in total. The lowest BCUT2D eigenvalue weighted by molar-refractivity contribution is -0.105. The van der Waals surface area contributed by atoms with Crippen molar-refractivity contribution in [3.05, 3.63) is 63.4 Å². The highest BCUT2D eigenvalue weighted by molar-refractivity contribution is 5.77. The van der Waals surface area contributed by atoms with E-state index in [2.05, 4.69) is 51.2 Å². The monoisotopic (exact) mass is 325 g/mol. The van der Waals surface area contributed by atoms with Gasteiger partial charge in [0.15, 0.2) is 0 Å². The van der Waals surface area contributed by atoms with Crippen molar-refractivity contribution in [1.29, 1.82) is 0 Å². The molecule has 0 aromatic heterocycles. The Morgan fingerprint density at radius 3 is 2.38 bits per heavy atom. The van der Waals surface area contributed by atoms with Crippen LogP contribution in [0.1, 0.15) is 56.4 Å². The van der Waals surface area contributed by atoms with E-state index in [1.807, 2.05) is 27.0 Å². The molecule has 0 radical (unpaired) electrons. The van der Waals surface area contributed by atoms with E-state index < -0.39 is 0 Å². The Balaban J connectivity index is 3.36. The van der Waals surface area contributed by atoms with Gasteiger partial charge in [-0.25, -0.2) is 0 Å². The first-order chi connectivity index (χ1) is 11.4. The number of nitrogens with one attached hydrogen (secondary N) is 1. The molecular weight excluding hydrogens is 294 g/mol. The van der Waals surface area contributed by atoms with Gasteiger partial charge in [0.25, 0.3) is 0 Å². The second-order valence-electron chi connectivity index (χ2n) is 6.32. The first-order valence-electron chi connectivity index (χ1n) is 8.64. The van der Waals surface area contributed by atoms with Gasteiger partial charge in [0.05, 0.1) is 0 Å². The van der Waals surface area contributed by atoms with Gasteiger partial charge in [-0.3, -0.25) is 4.79 Å². The third-order valence-corrected chi connectivity index (χ3v) is 4.73. The molecule has 0 aliphatic rings. The van der Waals surface area contributed by atoms with Gasteiger partial charge in [-0.2, -0.15) is 0 Å². The van der Waals surface area contributed by atoms with Crippen molar-refractivity contribution in [2.75, 3.05) is 7.05 Å². The van der Waals surface area contributed by atoms with Crippen molar-refractivity contribution < 1.29 is 4.79 Å². The number of aldehydes is 1. The summed E-state index contributed by atoms with van der Waals surface area (Å²) in [5, 5.41) is 3.10. The zero-order chi connectivity index (χ0) is 18.3. The largest absolute Gasteiger partial charge is 0.392 e. The Bertz CT molecular complexity index is 690. The molecule has 0 bridgehead atoms. The van der Waals surface area contributed by atoms with Crippen molar-refractivity contribution in [1.82, 2.24) is 5.32 Å². The lowest BCUT2D eigenvalue weighted by atomic mass is 9.90. The average Bonchev–Trinajstić information content (AvgIpc) is 2.57. The molecule has 0 aliphatic heterocycles. The number of allylic oxidation sites excluding steroid dienone is 6. The summed E-state index contributed by atoms with van der Waals surface area (Å²) in [6.07, 6.45) is 6.88. The van der Waals surface area contributed by atoms with Crippen LogP contribution in [0.2, 0.25) is 0 Å². The summed E-state index contributed by atoms with van der Waals surface area (Å²) < 4.78 is 0. The van der Waals surface area contributed by atoms with E-state index in [0.29, 0.717) is 6.42 Å². The number of benzene rings is 1. The number of carbonyl (C=O) groups excluding carboxylic acids is 1. The number of aryl methyl sites for hydroxylation is 1. The van der Waals surface area contributed by atoms with Gasteiger partial charge in [-0.1, -0.05) is 25.1 Å². The number of hydrogen-bond acceptors (Lipinski definition) is 2. The third kappa shape index (κ3) is 4.95. The fraction of sp³-hybridized carbons (Fsp3) is 0.409. The van der Waals surface area contributed by atoms with E-state index in [-0.39, 0.29) is 0 Å². The summed E-state index contributed by atoms with van der Waals surface area (Å²) in [5.74, 6) is 0. The summed E-state index contributed by atoms with van der Waals surface area (Å²) in [4.78, 5) is 11.6. The molecule has 1 rings (SSSR count). The van der Waals surface area contributed by atoms with Crippen LogP contribution in [0.25, 0.3) is 5.57 Å². The average molecular weight is 325 g/mol. The van der Waals surface area contributed by atoms with Crippen LogP contribution in [-0.2, 0) is 11.2 Å². The number of hydrogen-bond donors (Lipinski definition) is 1. The van der Waals surface area contributed by atoms with Crippen molar-refractivity contribution in [2.24, 2.45) is 0 Å². The molecule has 0 amide bonds. The lowest BCUT2D eigenvalue weighted by Crippen LogP contribution is -2.04. The minimum Gasteiger partial charge on any atom is -0.392 e. The van der Waals surface area contributed by atoms with Crippen molar-refractivity contribution in [3.8, 4) is 0 Å². The number of carbonyl (C=O) groups is 1. The summed E-state index contributed by atoms with van der Waals surface area (Å²) >= 11 is 0. The Morgan fingerprint density at radius 1 is 1.21 bits per heavy atom. The van der Waals surface area contributed by atoms with Crippen LogP contribution in [0.15, 0.2) is 41.1 Å². The Labute approximate surface area is 147 Å². The van der Waals surface area contributed by atoms with Crippen LogP contribution in [0.5, 0.6) is 0 Å². The number of rotatable bonds is 7. The quantitative estimate of drug-likeness (QED) is 0.419.